The second-order valence-electron chi connectivity index (χ2n) is 10.6. The maximum Gasteiger partial charge on any atom is 0.240 e. The predicted octanol–water partition coefficient (Wildman–Crippen LogP) is 3.30. The fraction of sp³-hybridized carbons (Fsp3) is 0.500. The number of hydrogen-bond donors (Lipinski definition) is 2. The molecule has 10 heteroatoms. The van der Waals surface area contributed by atoms with Gasteiger partial charge in [-0.2, -0.15) is 0 Å². The lowest BCUT2D eigenvalue weighted by molar-refractivity contribution is -0.135. The van der Waals surface area contributed by atoms with E-state index in [9.17, 15) is 13.2 Å². The standard InChI is InChI=1S/C28H38N6O3S/c1-4-33(3)28(35)21-5-9-22(10-6-21)31-38(36,37)24-13-14-25-26(19-24)30-27(29-25)20-7-11-23(12-8-20)34-17-15-32(2)16-18-34/h7-8,11-14,19,21-22,31H,4-6,9-10,15-18H2,1-3H3,(H,29,30)/t21-,22-. The van der Waals surface area contributed by atoms with Gasteiger partial charge in [-0.3, -0.25) is 4.79 Å². The Bertz CT molecular complexity index is 1370. The average molecular weight is 539 g/mol. The number of anilines is 1. The number of nitrogens with zero attached hydrogens (tertiary/aromatic N) is 4. The van der Waals surface area contributed by atoms with Gasteiger partial charge in [-0.05, 0) is 82.1 Å². The predicted molar refractivity (Wildman–Crippen MR) is 151 cm³/mol. The molecule has 5 rings (SSSR count). The summed E-state index contributed by atoms with van der Waals surface area (Å²) in [7, 11) is 0.270. The largest absolute Gasteiger partial charge is 0.369 e. The van der Waals surface area contributed by atoms with Crippen LogP contribution >= 0.6 is 0 Å². The number of sulfonamides is 1. The first-order chi connectivity index (χ1) is 18.2. The van der Waals surface area contributed by atoms with Gasteiger partial charge < -0.3 is 19.7 Å². The quantitative estimate of drug-likeness (QED) is 0.479. The van der Waals surface area contributed by atoms with Crippen LogP contribution in [-0.4, -0.2) is 87.0 Å². The summed E-state index contributed by atoms with van der Waals surface area (Å²) in [5, 5.41) is 0. The van der Waals surface area contributed by atoms with Crippen molar-refractivity contribution in [3.8, 4) is 11.4 Å². The number of H-pyrrole nitrogens is 1. The molecule has 0 unspecified atom stereocenters. The van der Waals surface area contributed by atoms with Crippen molar-refractivity contribution in [3.63, 3.8) is 0 Å². The number of fused-ring (bicyclic) bond motifs is 1. The van der Waals surface area contributed by atoms with Crippen LogP contribution in [0.1, 0.15) is 32.6 Å². The zero-order valence-electron chi connectivity index (χ0n) is 22.5. The second kappa shape index (κ2) is 11.0. The summed E-state index contributed by atoms with van der Waals surface area (Å²) < 4.78 is 29.2. The van der Waals surface area contributed by atoms with E-state index in [1.165, 1.54) is 5.69 Å². The monoisotopic (exact) mass is 538 g/mol. The normalized spacial score (nSPS) is 21.1. The van der Waals surface area contributed by atoms with Crippen molar-refractivity contribution in [3.05, 3.63) is 42.5 Å². The van der Waals surface area contributed by atoms with Crippen LogP contribution in [0.15, 0.2) is 47.4 Å². The number of hydrogen-bond acceptors (Lipinski definition) is 6. The number of rotatable bonds is 7. The lowest BCUT2D eigenvalue weighted by atomic mass is 9.85. The van der Waals surface area contributed by atoms with Crippen LogP contribution in [0.2, 0.25) is 0 Å². The molecular formula is C28H38N6O3S. The number of likely N-dealkylation sites (N-methyl/N-ethyl adjacent to an activating group) is 1. The van der Waals surface area contributed by atoms with Gasteiger partial charge in [0, 0.05) is 63.0 Å². The summed E-state index contributed by atoms with van der Waals surface area (Å²) in [5.74, 6) is 0.852. The molecule has 0 radical (unpaired) electrons. The summed E-state index contributed by atoms with van der Waals surface area (Å²) in [6, 6.07) is 13.2. The Labute approximate surface area is 225 Å². The molecule has 2 fully saturated rings. The highest BCUT2D eigenvalue weighted by Crippen LogP contribution is 2.28. The number of imidazole rings is 1. The smallest absolute Gasteiger partial charge is 0.240 e. The molecule has 2 heterocycles. The fourth-order valence-corrected chi connectivity index (χ4v) is 6.72. The minimum Gasteiger partial charge on any atom is -0.369 e. The molecular weight excluding hydrogens is 500 g/mol. The molecule has 38 heavy (non-hydrogen) atoms. The van der Waals surface area contributed by atoms with Crippen molar-refractivity contribution in [2.24, 2.45) is 5.92 Å². The van der Waals surface area contributed by atoms with Gasteiger partial charge in [0.1, 0.15) is 5.82 Å². The third kappa shape index (κ3) is 5.72. The van der Waals surface area contributed by atoms with Crippen LogP contribution in [0.3, 0.4) is 0 Å². The van der Waals surface area contributed by atoms with Crippen LogP contribution in [0.25, 0.3) is 22.4 Å². The highest BCUT2D eigenvalue weighted by atomic mass is 32.2. The molecule has 2 N–H and O–H groups in total. The van der Waals surface area contributed by atoms with Crippen LogP contribution in [0.5, 0.6) is 0 Å². The Morgan fingerprint density at radius 3 is 2.39 bits per heavy atom. The van der Waals surface area contributed by atoms with Gasteiger partial charge in [-0.15, -0.1) is 0 Å². The summed E-state index contributed by atoms with van der Waals surface area (Å²) in [5.41, 5.74) is 3.57. The molecule has 1 saturated heterocycles. The average Bonchev–Trinajstić information content (AvgIpc) is 3.37. The third-order valence-electron chi connectivity index (χ3n) is 8.02. The lowest BCUT2D eigenvalue weighted by Gasteiger charge is -2.34. The SMILES string of the molecule is CCN(C)C(=O)[C@H]1CC[C@H](NS(=O)(=O)c2ccc3[nH]c(-c4ccc(N5CCN(C)CC5)cc4)nc3c2)CC1. The maximum atomic E-state index is 13.2. The van der Waals surface area contributed by atoms with Crippen molar-refractivity contribution in [1.29, 1.82) is 0 Å². The van der Waals surface area contributed by atoms with Crippen molar-refractivity contribution < 1.29 is 13.2 Å². The lowest BCUT2D eigenvalue weighted by Crippen LogP contribution is -2.44. The van der Waals surface area contributed by atoms with Crippen LogP contribution in [0, 0.1) is 5.92 Å². The topological polar surface area (TPSA) is 102 Å². The van der Waals surface area contributed by atoms with E-state index < -0.39 is 10.0 Å². The van der Waals surface area contributed by atoms with E-state index in [0.29, 0.717) is 43.6 Å². The van der Waals surface area contributed by atoms with E-state index in [4.69, 9.17) is 4.98 Å². The third-order valence-corrected chi connectivity index (χ3v) is 9.54. The molecule has 1 saturated carbocycles. The molecule has 1 amide bonds. The molecule has 1 aliphatic carbocycles. The second-order valence-corrected chi connectivity index (χ2v) is 12.3. The van der Waals surface area contributed by atoms with Crippen LogP contribution < -0.4 is 9.62 Å². The van der Waals surface area contributed by atoms with Crippen molar-refractivity contribution in [1.82, 2.24) is 24.5 Å². The van der Waals surface area contributed by atoms with Gasteiger partial charge in [0.15, 0.2) is 0 Å². The summed E-state index contributed by atoms with van der Waals surface area (Å²) in [6.45, 7) is 6.79. The summed E-state index contributed by atoms with van der Waals surface area (Å²) in [4.78, 5) is 27.1. The molecule has 204 valence electrons. The van der Waals surface area contributed by atoms with E-state index in [1.54, 1.807) is 23.1 Å². The number of benzene rings is 2. The number of nitrogens with one attached hydrogen (secondary N) is 2. The Morgan fingerprint density at radius 2 is 1.74 bits per heavy atom. The summed E-state index contributed by atoms with van der Waals surface area (Å²) >= 11 is 0. The highest BCUT2D eigenvalue weighted by Gasteiger charge is 2.30. The first-order valence-electron chi connectivity index (χ1n) is 13.5. The Kier molecular flexibility index (Phi) is 7.74. The van der Waals surface area contributed by atoms with Gasteiger partial charge in [-0.1, -0.05) is 0 Å². The molecule has 0 spiro atoms. The number of piperazine rings is 1. The molecule has 0 bridgehead atoms. The first-order valence-corrected chi connectivity index (χ1v) is 15.0. The van der Waals surface area contributed by atoms with Crippen molar-refractivity contribution >= 4 is 32.7 Å². The molecule has 3 aromatic rings. The minimum absolute atomic E-state index is 0.0184. The van der Waals surface area contributed by atoms with E-state index in [0.717, 1.165) is 37.3 Å². The van der Waals surface area contributed by atoms with E-state index in [2.05, 4.69) is 50.8 Å². The number of aromatic amines is 1. The number of carbonyl (C=O) groups excluding carboxylic acids is 1. The molecule has 2 aliphatic rings. The van der Waals surface area contributed by atoms with Gasteiger partial charge in [-0.25, -0.2) is 18.1 Å². The molecule has 1 aromatic heterocycles. The van der Waals surface area contributed by atoms with E-state index >= 15 is 0 Å². The van der Waals surface area contributed by atoms with Crippen molar-refractivity contribution in [2.75, 3.05) is 51.7 Å². The van der Waals surface area contributed by atoms with Crippen molar-refractivity contribution in [2.45, 2.75) is 43.5 Å². The maximum absolute atomic E-state index is 13.2. The van der Waals surface area contributed by atoms with E-state index in [-0.39, 0.29) is 22.8 Å². The number of carbonyl (C=O) groups is 1. The zero-order valence-corrected chi connectivity index (χ0v) is 23.3. The Hall–Kier alpha value is -2.95. The molecule has 9 nitrogen and oxygen atoms in total. The number of amides is 1. The Balaban J connectivity index is 1.25. The van der Waals surface area contributed by atoms with Gasteiger partial charge in [0.2, 0.25) is 15.9 Å². The van der Waals surface area contributed by atoms with Gasteiger partial charge in [0.05, 0.1) is 15.9 Å². The first kappa shape index (κ1) is 26.6. The fourth-order valence-electron chi connectivity index (χ4n) is 5.40. The van der Waals surface area contributed by atoms with Crippen LogP contribution in [-0.2, 0) is 14.8 Å². The molecule has 2 aromatic carbocycles. The van der Waals surface area contributed by atoms with E-state index in [1.807, 2.05) is 14.0 Å². The minimum atomic E-state index is -3.70. The highest BCUT2D eigenvalue weighted by molar-refractivity contribution is 7.89. The number of aromatic nitrogens is 2. The molecule has 0 atom stereocenters. The van der Waals surface area contributed by atoms with Gasteiger partial charge >= 0.3 is 0 Å². The summed E-state index contributed by atoms with van der Waals surface area (Å²) in [6.07, 6.45) is 2.72. The Morgan fingerprint density at radius 1 is 1.05 bits per heavy atom. The van der Waals surface area contributed by atoms with Crippen LogP contribution in [0.4, 0.5) is 5.69 Å². The van der Waals surface area contributed by atoms with Gasteiger partial charge in [0.25, 0.3) is 0 Å². The zero-order chi connectivity index (χ0) is 26.9. The molecule has 1 aliphatic heterocycles.